The third-order valence-electron chi connectivity index (χ3n) is 4.40. The maximum atomic E-state index is 13.0. The molecule has 2 amide bonds. The second-order valence-electron chi connectivity index (χ2n) is 7.10. The molecule has 1 atom stereocenters. The van der Waals surface area contributed by atoms with Crippen LogP contribution in [0.15, 0.2) is 71.3 Å². The number of furan rings is 1. The lowest BCUT2D eigenvalue weighted by Gasteiger charge is -2.21. The minimum atomic E-state index is -0.744. The van der Waals surface area contributed by atoms with E-state index in [1.165, 1.54) is 24.5 Å². The number of carbonyl (C=O) groups is 2. The average Bonchev–Trinajstić information content (AvgIpc) is 3.26. The van der Waals surface area contributed by atoms with Gasteiger partial charge >= 0.3 is 0 Å². The fourth-order valence-corrected chi connectivity index (χ4v) is 2.79. The number of benzene rings is 2. The van der Waals surface area contributed by atoms with Crippen molar-refractivity contribution in [1.29, 1.82) is 0 Å². The molecular weight excluding hydrogens is 387 g/mol. The largest absolute Gasteiger partial charge is 0.489 e. The third-order valence-corrected chi connectivity index (χ3v) is 4.40. The van der Waals surface area contributed by atoms with Gasteiger partial charge in [0.25, 0.3) is 5.91 Å². The molecule has 0 bridgehead atoms. The van der Waals surface area contributed by atoms with Gasteiger partial charge in [-0.3, -0.25) is 9.59 Å². The molecule has 0 fully saturated rings. The minimum absolute atomic E-state index is 0.137. The molecule has 30 heavy (non-hydrogen) atoms. The van der Waals surface area contributed by atoms with Gasteiger partial charge in [-0.05, 0) is 47.9 Å². The SMILES string of the molecule is CC(C)C(NC(=O)c1ccco1)C(=O)Nc1cccc(OCc2ccc(F)cc2)c1. The van der Waals surface area contributed by atoms with Gasteiger partial charge in [0, 0.05) is 11.8 Å². The summed E-state index contributed by atoms with van der Waals surface area (Å²) in [6.45, 7) is 3.95. The second-order valence-corrected chi connectivity index (χ2v) is 7.10. The number of carbonyl (C=O) groups excluding carboxylic acids is 2. The van der Waals surface area contributed by atoms with E-state index in [9.17, 15) is 14.0 Å². The fourth-order valence-electron chi connectivity index (χ4n) is 2.79. The topological polar surface area (TPSA) is 80.6 Å². The van der Waals surface area contributed by atoms with Crippen molar-refractivity contribution in [2.45, 2.75) is 26.5 Å². The van der Waals surface area contributed by atoms with Crippen molar-refractivity contribution in [3.8, 4) is 5.75 Å². The monoisotopic (exact) mass is 410 g/mol. The Kier molecular flexibility index (Phi) is 6.85. The zero-order chi connectivity index (χ0) is 21.5. The summed E-state index contributed by atoms with van der Waals surface area (Å²) >= 11 is 0. The standard InChI is InChI=1S/C23H23FN2O4/c1-15(2)21(26-22(27)20-7-4-12-29-20)23(28)25-18-5-3-6-19(13-18)30-14-16-8-10-17(24)11-9-16/h3-13,15,21H,14H2,1-2H3,(H,25,28)(H,26,27). The summed E-state index contributed by atoms with van der Waals surface area (Å²) in [5, 5.41) is 5.50. The van der Waals surface area contributed by atoms with Gasteiger partial charge in [-0.15, -0.1) is 0 Å². The average molecular weight is 410 g/mol. The first-order valence-corrected chi connectivity index (χ1v) is 9.55. The van der Waals surface area contributed by atoms with Crippen molar-refractivity contribution in [3.05, 3.63) is 84.1 Å². The molecule has 7 heteroatoms. The molecule has 0 saturated heterocycles. The summed E-state index contributed by atoms with van der Waals surface area (Å²) in [5.74, 6) is -0.544. The first-order valence-electron chi connectivity index (χ1n) is 9.55. The van der Waals surface area contributed by atoms with Gasteiger partial charge in [-0.25, -0.2) is 4.39 Å². The molecule has 3 rings (SSSR count). The Morgan fingerprint density at radius 1 is 1.07 bits per heavy atom. The van der Waals surface area contributed by atoms with E-state index >= 15 is 0 Å². The quantitative estimate of drug-likeness (QED) is 0.577. The third kappa shape index (κ3) is 5.70. The van der Waals surface area contributed by atoms with Gasteiger partial charge < -0.3 is 19.8 Å². The lowest BCUT2D eigenvalue weighted by Crippen LogP contribution is -2.47. The number of nitrogens with one attached hydrogen (secondary N) is 2. The predicted octanol–water partition coefficient (Wildman–Crippen LogP) is 4.39. The van der Waals surface area contributed by atoms with Crippen molar-refractivity contribution in [2.24, 2.45) is 5.92 Å². The van der Waals surface area contributed by atoms with Gasteiger partial charge in [0.05, 0.1) is 6.26 Å². The molecule has 0 aliphatic rings. The Morgan fingerprint density at radius 2 is 1.83 bits per heavy atom. The summed E-state index contributed by atoms with van der Waals surface area (Å²) in [6, 6.07) is 15.4. The van der Waals surface area contributed by atoms with Crippen LogP contribution in [0, 0.1) is 11.7 Å². The summed E-state index contributed by atoms with van der Waals surface area (Å²) < 4.78 is 23.8. The highest BCUT2D eigenvalue weighted by molar-refractivity contribution is 6.00. The number of hydrogen-bond donors (Lipinski definition) is 2. The highest BCUT2D eigenvalue weighted by atomic mass is 19.1. The maximum absolute atomic E-state index is 13.0. The van der Waals surface area contributed by atoms with Crippen molar-refractivity contribution in [2.75, 3.05) is 5.32 Å². The van der Waals surface area contributed by atoms with E-state index in [0.29, 0.717) is 11.4 Å². The number of rotatable bonds is 8. The molecule has 1 aromatic heterocycles. The molecule has 1 heterocycles. The zero-order valence-corrected chi connectivity index (χ0v) is 16.7. The van der Waals surface area contributed by atoms with Crippen LogP contribution in [-0.4, -0.2) is 17.9 Å². The Bertz CT molecular complexity index is 985. The Balaban J connectivity index is 1.62. The van der Waals surface area contributed by atoms with Crippen LogP contribution in [-0.2, 0) is 11.4 Å². The molecule has 6 nitrogen and oxygen atoms in total. The first kappa shape index (κ1) is 21.1. The Hall–Kier alpha value is -3.61. The van der Waals surface area contributed by atoms with Crippen LogP contribution in [0.4, 0.5) is 10.1 Å². The van der Waals surface area contributed by atoms with Crippen molar-refractivity contribution in [1.82, 2.24) is 5.32 Å². The molecule has 0 aliphatic carbocycles. The Morgan fingerprint density at radius 3 is 2.50 bits per heavy atom. The van der Waals surface area contributed by atoms with E-state index in [4.69, 9.17) is 9.15 Å². The second kappa shape index (κ2) is 9.73. The normalized spacial score (nSPS) is 11.7. The summed E-state index contributed by atoms with van der Waals surface area (Å²) in [7, 11) is 0. The van der Waals surface area contributed by atoms with Gasteiger partial charge in [-0.1, -0.05) is 32.0 Å². The van der Waals surface area contributed by atoms with Crippen LogP contribution in [0.1, 0.15) is 30.0 Å². The molecule has 1 unspecified atom stereocenters. The van der Waals surface area contributed by atoms with E-state index in [-0.39, 0.29) is 30.0 Å². The number of hydrogen-bond acceptors (Lipinski definition) is 4. The van der Waals surface area contributed by atoms with E-state index in [1.807, 2.05) is 13.8 Å². The van der Waals surface area contributed by atoms with Crippen molar-refractivity contribution < 1.29 is 23.1 Å². The van der Waals surface area contributed by atoms with Gasteiger partial charge in [0.2, 0.25) is 5.91 Å². The smallest absolute Gasteiger partial charge is 0.287 e. The van der Waals surface area contributed by atoms with Crippen LogP contribution >= 0.6 is 0 Å². The lowest BCUT2D eigenvalue weighted by molar-refractivity contribution is -0.118. The number of halogens is 1. The first-order chi connectivity index (χ1) is 14.4. The zero-order valence-electron chi connectivity index (χ0n) is 16.7. The molecule has 2 N–H and O–H groups in total. The Labute approximate surface area is 174 Å². The van der Waals surface area contributed by atoms with Gasteiger partial charge in [0.1, 0.15) is 24.2 Å². The van der Waals surface area contributed by atoms with E-state index in [2.05, 4.69) is 10.6 Å². The number of ether oxygens (including phenoxy) is 1. The summed E-state index contributed by atoms with van der Waals surface area (Å²) in [4.78, 5) is 25.0. The molecule has 156 valence electrons. The van der Waals surface area contributed by atoms with E-state index < -0.39 is 11.9 Å². The van der Waals surface area contributed by atoms with Crippen LogP contribution in [0.25, 0.3) is 0 Å². The van der Waals surface area contributed by atoms with Gasteiger partial charge in [0.15, 0.2) is 5.76 Å². The number of amides is 2. The van der Waals surface area contributed by atoms with Gasteiger partial charge in [-0.2, -0.15) is 0 Å². The molecule has 2 aromatic carbocycles. The highest BCUT2D eigenvalue weighted by Crippen LogP contribution is 2.20. The van der Waals surface area contributed by atoms with E-state index in [0.717, 1.165) is 5.56 Å². The summed E-state index contributed by atoms with van der Waals surface area (Å²) in [5.41, 5.74) is 1.36. The minimum Gasteiger partial charge on any atom is -0.489 e. The van der Waals surface area contributed by atoms with Crippen LogP contribution in [0.5, 0.6) is 5.75 Å². The van der Waals surface area contributed by atoms with Crippen LogP contribution < -0.4 is 15.4 Å². The number of anilines is 1. The van der Waals surface area contributed by atoms with Crippen molar-refractivity contribution in [3.63, 3.8) is 0 Å². The summed E-state index contributed by atoms with van der Waals surface area (Å²) in [6.07, 6.45) is 1.40. The van der Waals surface area contributed by atoms with Crippen molar-refractivity contribution >= 4 is 17.5 Å². The molecule has 0 saturated carbocycles. The highest BCUT2D eigenvalue weighted by Gasteiger charge is 2.25. The lowest BCUT2D eigenvalue weighted by atomic mass is 10.0. The van der Waals surface area contributed by atoms with Crippen LogP contribution in [0.3, 0.4) is 0 Å². The maximum Gasteiger partial charge on any atom is 0.287 e. The molecular formula is C23H23FN2O4. The molecule has 0 spiro atoms. The molecule has 3 aromatic rings. The fraction of sp³-hybridized carbons (Fsp3) is 0.217. The molecule has 0 radical (unpaired) electrons. The predicted molar refractivity (Wildman–Crippen MR) is 111 cm³/mol. The van der Waals surface area contributed by atoms with Crippen LogP contribution in [0.2, 0.25) is 0 Å². The van der Waals surface area contributed by atoms with E-state index in [1.54, 1.807) is 42.5 Å². The molecule has 0 aliphatic heterocycles.